The summed E-state index contributed by atoms with van der Waals surface area (Å²) in [5, 5.41) is 0.138. The molecule has 1 heterocycles. The van der Waals surface area contributed by atoms with Gasteiger partial charge in [0.05, 0.1) is 6.20 Å². The SMILES string of the molecule is CCc1ncc(S(=O)(=O)NCCI)[nH]1. The lowest BCUT2D eigenvalue weighted by Crippen LogP contribution is -2.25. The fourth-order valence-corrected chi connectivity index (χ4v) is 2.52. The Hall–Kier alpha value is -0.150. The van der Waals surface area contributed by atoms with E-state index >= 15 is 0 Å². The van der Waals surface area contributed by atoms with Gasteiger partial charge in [-0.3, -0.25) is 0 Å². The van der Waals surface area contributed by atoms with Gasteiger partial charge in [-0.25, -0.2) is 18.1 Å². The number of aromatic amines is 1. The van der Waals surface area contributed by atoms with E-state index in [0.717, 1.165) is 4.43 Å². The minimum absolute atomic E-state index is 0.138. The topological polar surface area (TPSA) is 74.8 Å². The quantitative estimate of drug-likeness (QED) is 0.616. The van der Waals surface area contributed by atoms with E-state index in [1.807, 2.05) is 6.92 Å². The van der Waals surface area contributed by atoms with Crippen molar-refractivity contribution in [1.82, 2.24) is 14.7 Å². The molecule has 0 radical (unpaired) electrons. The van der Waals surface area contributed by atoms with Crippen molar-refractivity contribution in [3.8, 4) is 0 Å². The molecule has 0 bridgehead atoms. The number of rotatable bonds is 5. The highest BCUT2D eigenvalue weighted by molar-refractivity contribution is 14.1. The second-order valence-corrected chi connectivity index (χ2v) is 5.45. The molecule has 14 heavy (non-hydrogen) atoms. The molecule has 0 saturated heterocycles. The molecule has 1 aromatic heterocycles. The van der Waals surface area contributed by atoms with Crippen LogP contribution in [0.4, 0.5) is 0 Å². The fourth-order valence-electron chi connectivity index (χ4n) is 0.910. The Labute approximate surface area is 96.9 Å². The van der Waals surface area contributed by atoms with E-state index in [9.17, 15) is 8.42 Å². The number of aromatic nitrogens is 2. The molecule has 1 aromatic rings. The van der Waals surface area contributed by atoms with Crippen molar-refractivity contribution in [2.75, 3.05) is 11.0 Å². The number of alkyl halides is 1. The number of aryl methyl sites for hydroxylation is 1. The Bertz CT molecular complexity index is 387. The first-order valence-corrected chi connectivity index (χ1v) is 7.20. The Morgan fingerprint density at radius 1 is 1.64 bits per heavy atom. The molecular weight excluding hydrogens is 317 g/mol. The molecule has 7 heteroatoms. The van der Waals surface area contributed by atoms with Crippen LogP contribution in [-0.2, 0) is 16.4 Å². The number of H-pyrrole nitrogens is 1. The van der Waals surface area contributed by atoms with Crippen LogP contribution >= 0.6 is 22.6 Å². The van der Waals surface area contributed by atoms with Gasteiger partial charge in [0.15, 0.2) is 5.03 Å². The smallest absolute Gasteiger partial charge is 0.257 e. The van der Waals surface area contributed by atoms with Crippen molar-refractivity contribution in [3.63, 3.8) is 0 Å². The highest BCUT2D eigenvalue weighted by Gasteiger charge is 2.15. The van der Waals surface area contributed by atoms with E-state index in [0.29, 0.717) is 18.8 Å². The van der Waals surface area contributed by atoms with Crippen LogP contribution in [0.5, 0.6) is 0 Å². The number of hydrogen-bond donors (Lipinski definition) is 2. The summed E-state index contributed by atoms with van der Waals surface area (Å²) in [5.41, 5.74) is 0. The maximum absolute atomic E-state index is 11.5. The average Bonchev–Trinajstić information content (AvgIpc) is 2.63. The van der Waals surface area contributed by atoms with Gasteiger partial charge in [-0.1, -0.05) is 29.5 Å². The molecular formula is C7H12IN3O2S. The average molecular weight is 329 g/mol. The van der Waals surface area contributed by atoms with Crippen LogP contribution < -0.4 is 4.72 Å². The van der Waals surface area contributed by atoms with Crippen LogP contribution in [0.2, 0.25) is 0 Å². The minimum atomic E-state index is -3.38. The summed E-state index contributed by atoms with van der Waals surface area (Å²) in [6, 6.07) is 0. The highest BCUT2D eigenvalue weighted by Crippen LogP contribution is 2.05. The normalized spacial score (nSPS) is 11.9. The van der Waals surface area contributed by atoms with Gasteiger partial charge in [0.25, 0.3) is 10.0 Å². The largest absolute Gasteiger partial charge is 0.332 e. The summed E-state index contributed by atoms with van der Waals surface area (Å²) in [4.78, 5) is 6.68. The number of halogens is 1. The number of sulfonamides is 1. The third-order valence-electron chi connectivity index (χ3n) is 1.62. The molecule has 0 unspecified atom stereocenters. The van der Waals surface area contributed by atoms with Gasteiger partial charge < -0.3 is 4.98 Å². The highest BCUT2D eigenvalue weighted by atomic mass is 127. The number of nitrogens with zero attached hydrogens (tertiary/aromatic N) is 1. The van der Waals surface area contributed by atoms with E-state index in [1.165, 1.54) is 6.20 Å². The van der Waals surface area contributed by atoms with Gasteiger partial charge in [0, 0.05) is 17.4 Å². The monoisotopic (exact) mass is 329 g/mol. The molecule has 0 atom stereocenters. The van der Waals surface area contributed by atoms with E-state index in [2.05, 4.69) is 37.3 Å². The molecule has 0 aromatic carbocycles. The number of nitrogens with one attached hydrogen (secondary N) is 2. The summed E-state index contributed by atoms with van der Waals surface area (Å²) < 4.78 is 26.3. The van der Waals surface area contributed by atoms with Crippen LogP contribution in [0.1, 0.15) is 12.7 Å². The van der Waals surface area contributed by atoms with Gasteiger partial charge >= 0.3 is 0 Å². The molecule has 0 amide bonds. The van der Waals surface area contributed by atoms with Crippen LogP contribution in [0.15, 0.2) is 11.2 Å². The Morgan fingerprint density at radius 2 is 2.36 bits per heavy atom. The van der Waals surface area contributed by atoms with Crippen molar-refractivity contribution in [1.29, 1.82) is 0 Å². The van der Waals surface area contributed by atoms with E-state index < -0.39 is 10.0 Å². The van der Waals surface area contributed by atoms with Gasteiger partial charge in [0.1, 0.15) is 5.82 Å². The molecule has 0 aliphatic rings. The van der Waals surface area contributed by atoms with E-state index in [-0.39, 0.29) is 5.03 Å². The molecule has 0 spiro atoms. The molecule has 5 nitrogen and oxygen atoms in total. The molecule has 0 aliphatic carbocycles. The zero-order valence-corrected chi connectivity index (χ0v) is 10.7. The zero-order chi connectivity index (χ0) is 10.6. The van der Waals surface area contributed by atoms with Crippen LogP contribution in [-0.4, -0.2) is 29.4 Å². The zero-order valence-electron chi connectivity index (χ0n) is 7.75. The van der Waals surface area contributed by atoms with E-state index in [1.54, 1.807) is 0 Å². The van der Waals surface area contributed by atoms with Crippen LogP contribution in [0.25, 0.3) is 0 Å². The minimum Gasteiger partial charge on any atom is -0.332 e. The lowest BCUT2D eigenvalue weighted by molar-refractivity contribution is 0.581. The fraction of sp³-hybridized carbons (Fsp3) is 0.571. The molecule has 2 N–H and O–H groups in total. The van der Waals surface area contributed by atoms with Crippen molar-refractivity contribution in [3.05, 3.63) is 12.0 Å². The predicted molar refractivity (Wildman–Crippen MR) is 62.0 cm³/mol. The number of hydrogen-bond acceptors (Lipinski definition) is 3. The molecule has 80 valence electrons. The van der Waals surface area contributed by atoms with E-state index in [4.69, 9.17) is 0 Å². The van der Waals surface area contributed by atoms with Crippen molar-refractivity contribution < 1.29 is 8.42 Å². The summed E-state index contributed by atoms with van der Waals surface area (Å²) in [7, 11) is -3.38. The third kappa shape index (κ3) is 2.92. The summed E-state index contributed by atoms with van der Waals surface area (Å²) >= 11 is 2.11. The summed E-state index contributed by atoms with van der Waals surface area (Å²) in [6.45, 7) is 2.34. The van der Waals surface area contributed by atoms with Gasteiger partial charge in [-0.05, 0) is 0 Å². The van der Waals surface area contributed by atoms with Crippen molar-refractivity contribution >= 4 is 32.6 Å². The maximum atomic E-state index is 11.5. The van der Waals surface area contributed by atoms with Crippen LogP contribution in [0.3, 0.4) is 0 Å². The van der Waals surface area contributed by atoms with Gasteiger partial charge in [-0.15, -0.1) is 0 Å². The van der Waals surface area contributed by atoms with Crippen molar-refractivity contribution in [2.45, 2.75) is 18.4 Å². The maximum Gasteiger partial charge on any atom is 0.257 e. The molecule has 1 rings (SSSR count). The summed E-state index contributed by atoms with van der Waals surface area (Å²) in [6.07, 6.45) is 2.04. The van der Waals surface area contributed by atoms with Gasteiger partial charge in [-0.2, -0.15) is 0 Å². The standard InChI is InChI=1S/C7H12IN3O2S/c1-2-6-9-5-7(11-6)14(12,13)10-4-3-8/h5,10H,2-4H2,1H3,(H,9,11). The Morgan fingerprint density at radius 3 is 2.86 bits per heavy atom. The lowest BCUT2D eigenvalue weighted by Gasteiger charge is -2.01. The Kier molecular flexibility index (Phi) is 4.32. The first kappa shape index (κ1) is 11.9. The molecule has 0 fully saturated rings. The second kappa shape index (κ2) is 5.08. The first-order chi connectivity index (χ1) is 6.60. The second-order valence-electron chi connectivity index (χ2n) is 2.63. The summed E-state index contributed by atoms with van der Waals surface area (Å²) in [5.74, 6) is 0.680. The number of imidazole rings is 1. The lowest BCUT2D eigenvalue weighted by atomic mass is 10.5. The van der Waals surface area contributed by atoms with Crippen molar-refractivity contribution in [2.24, 2.45) is 0 Å². The predicted octanol–water partition coefficient (Wildman–Crippen LogP) is 0.685. The molecule has 0 aliphatic heterocycles. The first-order valence-electron chi connectivity index (χ1n) is 4.19. The Balaban J connectivity index is 2.81. The molecule has 0 saturated carbocycles. The third-order valence-corrected chi connectivity index (χ3v) is 3.53. The van der Waals surface area contributed by atoms with Crippen LogP contribution in [0, 0.1) is 0 Å². The van der Waals surface area contributed by atoms with Gasteiger partial charge in [0.2, 0.25) is 0 Å².